The molecule has 0 spiro atoms. The fraction of sp³-hybridized carbons (Fsp3) is 0.500. The number of piperazine rings is 1. The number of benzene rings is 1. The lowest BCUT2D eigenvalue weighted by molar-refractivity contribution is -0.304. The highest BCUT2D eigenvalue weighted by Gasteiger charge is 2.22. The zero-order valence-electron chi connectivity index (χ0n) is 12.8. The molecule has 0 bridgehead atoms. The van der Waals surface area contributed by atoms with Crippen LogP contribution in [0.5, 0.6) is 0 Å². The van der Waals surface area contributed by atoms with Crippen LogP contribution in [0.15, 0.2) is 12.1 Å². The quantitative estimate of drug-likeness (QED) is 0.756. The van der Waals surface area contributed by atoms with E-state index >= 15 is 0 Å². The zero-order valence-corrected chi connectivity index (χ0v) is 12.8. The van der Waals surface area contributed by atoms with Crippen molar-refractivity contribution in [2.24, 2.45) is 0 Å². The lowest BCUT2D eigenvalue weighted by Crippen LogP contribution is -2.50. The number of hydrogen-bond donors (Lipinski definition) is 0. The summed E-state index contributed by atoms with van der Waals surface area (Å²) < 4.78 is 0. The molecule has 0 radical (unpaired) electrons. The topological polar surface area (TPSA) is 63.7 Å². The van der Waals surface area contributed by atoms with Crippen LogP contribution in [0, 0.1) is 20.8 Å². The Morgan fingerprint density at radius 2 is 1.57 bits per heavy atom. The SMILES string of the molecule is Cc1cc(C)c(N2CCN(C(=O)CC(=O)[O-])CC2)cc1C. The molecule has 1 aromatic carbocycles. The Bertz CT molecular complexity index is 561. The average molecular weight is 289 g/mol. The van der Waals surface area contributed by atoms with Gasteiger partial charge >= 0.3 is 0 Å². The number of rotatable bonds is 3. The largest absolute Gasteiger partial charge is 0.550 e. The van der Waals surface area contributed by atoms with Gasteiger partial charge in [-0.3, -0.25) is 4.79 Å². The van der Waals surface area contributed by atoms with Gasteiger partial charge in [0.05, 0.1) is 12.4 Å². The lowest BCUT2D eigenvalue weighted by atomic mass is 10.0. The van der Waals surface area contributed by atoms with Crippen molar-refractivity contribution in [1.29, 1.82) is 0 Å². The monoisotopic (exact) mass is 289 g/mol. The standard InChI is InChI=1S/C16H22N2O3/c1-11-8-13(3)14(9-12(11)2)17-4-6-18(7-5-17)15(19)10-16(20)21/h8-9H,4-7,10H2,1-3H3,(H,20,21)/p-1. The minimum absolute atomic E-state index is 0.355. The highest BCUT2D eigenvalue weighted by atomic mass is 16.4. The third-order valence-corrected chi connectivity index (χ3v) is 4.08. The number of carbonyl (C=O) groups excluding carboxylic acids is 2. The first kappa shape index (κ1) is 15.4. The normalized spacial score (nSPS) is 15.2. The molecule has 1 saturated heterocycles. The first-order valence-electron chi connectivity index (χ1n) is 7.19. The summed E-state index contributed by atoms with van der Waals surface area (Å²) in [6, 6.07) is 4.36. The molecular weight excluding hydrogens is 268 g/mol. The number of carboxylic acid groups (broad SMARTS) is 1. The predicted molar refractivity (Wildman–Crippen MR) is 79.1 cm³/mol. The van der Waals surface area contributed by atoms with E-state index in [9.17, 15) is 14.7 Å². The van der Waals surface area contributed by atoms with Gasteiger partial charge in [-0.2, -0.15) is 0 Å². The van der Waals surface area contributed by atoms with Crippen LogP contribution >= 0.6 is 0 Å². The van der Waals surface area contributed by atoms with Crippen LogP contribution in [0.1, 0.15) is 23.1 Å². The van der Waals surface area contributed by atoms with Gasteiger partial charge in [0.1, 0.15) is 0 Å². The summed E-state index contributed by atoms with van der Waals surface area (Å²) in [6.45, 7) is 8.84. The molecule has 1 amide bonds. The molecule has 0 unspecified atom stereocenters. The van der Waals surface area contributed by atoms with Gasteiger partial charge in [0.2, 0.25) is 5.91 Å². The molecule has 0 atom stereocenters. The maximum absolute atomic E-state index is 11.7. The van der Waals surface area contributed by atoms with Gasteiger partial charge in [0.25, 0.3) is 0 Å². The van der Waals surface area contributed by atoms with Gasteiger partial charge in [-0.25, -0.2) is 0 Å². The Balaban J connectivity index is 2.03. The van der Waals surface area contributed by atoms with Crippen molar-refractivity contribution in [3.8, 4) is 0 Å². The number of aliphatic carboxylic acids is 1. The third-order valence-electron chi connectivity index (χ3n) is 4.08. The molecule has 2 rings (SSSR count). The number of carboxylic acids is 1. The van der Waals surface area contributed by atoms with Crippen LogP contribution in [0.4, 0.5) is 5.69 Å². The Kier molecular flexibility index (Phi) is 4.50. The summed E-state index contributed by atoms with van der Waals surface area (Å²) in [5.74, 6) is -1.67. The van der Waals surface area contributed by atoms with Gasteiger partial charge in [-0.05, 0) is 43.5 Å². The molecule has 5 heteroatoms. The second-order valence-electron chi connectivity index (χ2n) is 5.64. The van der Waals surface area contributed by atoms with E-state index in [1.165, 1.54) is 22.4 Å². The summed E-state index contributed by atoms with van der Waals surface area (Å²) in [7, 11) is 0. The predicted octanol–water partition coefficient (Wildman–Crippen LogP) is 0.400. The van der Waals surface area contributed by atoms with Crippen LogP contribution in [0.2, 0.25) is 0 Å². The van der Waals surface area contributed by atoms with Crippen molar-refractivity contribution < 1.29 is 14.7 Å². The molecule has 114 valence electrons. The molecule has 1 aromatic rings. The van der Waals surface area contributed by atoms with E-state index in [4.69, 9.17) is 0 Å². The van der Waals surface area contributed by atoms with E-state index < -0.39 is 12.4 Å². The van der Waals surface area contributed by atoms with E-state index in [1.54, 1.807) is 4.90 Å². The lowest BCUT2D eigenvalue weighted by Gasteiger charge is -2.37. The molecule has 0 saturated carbocycles. The summed E-state index contributed by atoms with van der Waals surface area (Å²) >= 11 is 0. The number of nitrogens with zero attached hydrogens (tertiary/aromatic N) is 2. The van der Waals surface area contributed by atoms with E-state index in [2.05, 4.69) is 37.8 Å². The van der Waals surface area contributed by atoms with Crippen LogP contribution in [-0.2, 0) is 9.59 Å². The fourth-order valence-corrected chi connectivity index (χ4v) is 2.72. The van der Waals surface area contributed by atoms with Crippen molar-refractivity contribution in [3.63, 3.8) is 0 Å². The Labute approximate surface area is 125 Å². The summed E-state index contributed by atoms with van der Waals surface area (Å²) in [5, 5.41) is 10.5. The molecular formula is C16H21N2O3-. The van der Waals surface area contributed by atoms with E-state index in [-0.39, 0.29) is 5.91 Å². The van der Waals surface area contributed by atoms with Crippen molar-refractivity contribution in [3.05, 3.63) is 28.8 Å². The number of amides is 1. The van der Waals surface area contributed by atoms with Gasteiger partial charge in [-0.1, -0.05) is 6.07 Å². The van der Waals surface area contributed by atoms with E-state index in [1.807, 2.05) is 0 Å². The number of carbonyl (C=O) groups is 2. The van der Waals surface area contributed by atoms with Gasteiger partial charge < -0.3 is 19.7 Å². The molecule has 0 aromatic heterocycles. The number of anilines is 1. The minimum Gasteiger partial charge on any atom is -0.550 e. The summed E-state index contributed by atoms with van der Waals surface area (Å²) in [5.41, 5.74) is 4.96. The molecule has 1 heterocycles. The molecule has 21 heavy (non-hydrogen) atoms. The smallest absolute Gasteiger partial charge is 0.228 e. The molecule has 0 aliphatic carbocycles. The van der Waals surface area contributed by atoms with Crippen LogP contribution < -0.4 is 10.0 Å². The second kappa shape index (κ2) is 6.16. The summed E-state index contributed by atoms with van der Waals surface area (Å²) in [6.07, 6.45) is -0.525. The van der Waals surface area contributed by atoms with Crippen molar-refractivity contribution in [1.82, 2.24) is 4.90 Å². The maximum Gasteiger partial charge on any atom is 0.228 e. The highest BCUT2D eigenvalue weighted by molar-refractivity contribution is 5.92. The second-order valence-corrected chi connectivity index (χ2v) is 5.64. The van der Waals surface area contributed by atoms with Gasteiger partial charge in [0, 0.05) is 31.9 Å². The Morgan fingerprint density at radius 1 is 1.00 bits per heavy atom. The van der Waals surface area contributed by atoms with Crippen molar-refractivity contribution in [2.45, 2.75) is 27.2 Å². The Hall–Kier alpha value is -2.04. The fourth-order valence-electron chi connectivity index (χ4n) is 2.72. The minimum atomic E-state index is -1.31. The van der Waals surface area contributed by atoms with E-state index in [0.717, 1.165) is 13.1 Å². The molecule has 1 fully saturated rings. The summed E-state index contributed by atoms with van der Waals surface area (Å²) in [4.78, 5) is 26.0. The molecule has 5 nitrogen and oxygen atoms in total. The Morgan fingerprint density at radius 3 is 2.14 bits per heavy atom. The van der Waals surface area contributed by atoms with Crippen LogP contribution in [-0.4, -0.2) is 43.0 Å². The van der Waals surface area contributed by atoms with E-state index in [0.29, 0.717) is 13.1 Å². The van der Waals surface area contributed by atoms with Gasteiger partial charge in [0.15, 0.2) is 0 Å². The number of aryl methyl sites for hydroxylation is 3. The van der Waals surface area contributed by atoms with Crippen LogP contribution in [0.25, 0.3) is 0 Å². The number of hydrogen-bond acceptors (Lipinski definition) is 4. The molecule has 1 aliphatic heterocycles. The first-order valence-corrected chi connectivity index (χ1v) is 7.19. The van der Waals surface area contributed by atoms with Crippen molar-refractivity contribution in [2.75, 3.05) is 31.1 Å². The van der Waals surface area contributed by atoms with Gasteiger partial charge in [-0.15, -0.1) is 0 Å². The molecule has 0 N–H and O–H groups in total. The maximum atomic E-state index is 11.7. The third kappa shape index (κ3) is 3.54. The zero-order chi connectivity index (χ0) is 15.6. The average Bonchev–Trinajstić information content (AvgIpc) is 2.42. The molecule has 1 aliphatic rings. The van der Waals surface area contributed by atoms with Crippen molar-refractivity contribution >= 4 is 17.6 Å². The highest BCUT2D eigenvalue weighted by Crippen LogP contribution is 2.25. The van der Waals surface area contributed by atoms with Crippen LogP contribution in [0.3, 0.4) is 0 Å². The first-order chi connectivity index (χ1) is 9.88.